The van der Waals surface area contributed by atoms with Crippen molar-refractivity contribution in [2.45, 2.75) is 97.2 Å². The van der Waals surface area contributed by atoms with Crippen molar-refractivity contribution in [3.05, 3.63) is 130 Å². The van der Waals surface area contributed by atoms with Crippen molar-refractivity contribution in [1.82, 2.24) is 0 Å². The SMILES string of the molecule is Cc1cc(C)cc(NC(=O)OC2/C=C/C(Cc3cc(C)cc(NC(=O)OC4CCCCCC5C(c6ccccc6N)=NN=C(c6ccccc6N)C45)c3)CCCC2)c1. The lowest BCUT2D eigenvalue weighted by atomic mass is 9.71. The summed E-state index contributed by atoms with van der Waals surface area (Å²) in [5, 5.41) is 15.6. The van der Waals surface area contributed by atoms with E-state index in [0.717, 1.165) is 108 Å². The van der Waals surface area contributed by atoms with Gasteiger partial charge < -0.3 is 20.9 Å². The highest BCUT2D eigenvalue weighted by molar-refractivity contribution is 6.15. The van der Waals surface area contributed by atoms with Gasteiger partial charge in [0.25, 0.3) is 0 Å². The minimum atomic E-state index is -0.505. The molecule has 2 aliphatic carbocycles. The summed E-state index contributed by atoms with van der Waals surface area (Å²) in [6.45, 7) is 6.05. The zero-order chi connectivity index (χ0) is 40.6. The van der Waals surface area contributed by atoms with Crippen molar-refractivity contribution in [3.63, 3.8) is 0 Å². The Morgan fingerprint density at radius 3 is 1.91 bits per heavy atom. The van der Waals surface area contributed by atoms with E-state index in [1.54, 1.807) is 0 Å². The lowest BCUT2D eigenvalue weighted by molar-refractivity contribution is 0.0678. The fraction of sp³-hybridized carbons (Fsp3) is 0.375. The first-order valence-corrected chi connectivity index (χ1v) is 20.8. The fourth-order valence-electron chi connectivity index (χ4n) is 8.97. The molecule has 5 unspecified atom stereocenters. The number of nitrogens with zero attached hydrogens (tertiary/aromatic N) is 2. The van der Waals surface area contributed by atoms with Crippen molar-refractivity contribution in [2.24, 2.45) is 28.0 Å². The van der Waals surface area contributed by atoms with Crippen LogP contribution in [0.3, 0.4) is 0 Å². The van der Waals surface area contributed by atoms with E-state index in [2.05, 4.69) is 28.8 Å². The van der Waals surface area contributed by atoms with E-state index >= 15 is 0 Å². The zero-order valence-electron chi connectivity index (χ0n) is 33.9. The average molecular weight is 781 g/mol. The lowest BCUT2D eigenvalue weighted by Gasteiger charge is -2.38. The van der Waals surface area contributed by atoms with Crippen LogP contribution in [-0.4, -0.2) is 35.8 Å². The molecule has 0 radical (unpaired) electrons. The highest BCUT2D eigenvalue weighted by Crippen LogP contribution is 2.40. The number of hydrogen-bond acceptors (Lipinski definition) is 8. The number of nitrogens with one attached hydrogen (secondary N) is 2. The lowest BCUT2D eigenvalue weighted by Crippen LogP contribution is -2.45. The van der Waals surface area contributed by atoms with Gasteiger partial charge in [-0.1, -0.05) is 73.9 Å². The van der Waals surface area contributed by atoms with Crippen LogP contribution in [0.4, 0.5) is 32.3 Å². The molecule has 0 spiro atoms. The molecule has 6 N–H and O–H groups in total. The van der Waals surface area contributed by atoms with E-state index in [1.807, 2.05) is 99.6 Å². The Labute approximate surface area is 342 Å². The molecule has 5 atom stereocenters. The van der Waals surface area contributed by atoms with E-state index in [9.17, 15) is 9.59 Å². The van der Waals surface area contributed by atoms with Gasteiger partial charge in [-0.05, 0) is 136 Å². The van der Waals surface area contributed by atoms with Gasteiger partial charge in [0, 0.05) is 45.7 Å². The summed E-state index contributed by atoms with van der Waals surface area (Å²) >= 11 is 0. The number of anilines is 4. The predicted octanol–water partition coefficient (Wildman–Crippen LogP) is 10.7. The molecule has 0 bridgehead atoms. The molecule has 10 heteroatoms. The number of nitrogens with two attached hydrogens (primary N) is 2. The van der Waals surface area contributed by atoms with E-state index in [4.69, 9.17) is 31.1 Å². The zero-order valence-corrected chi connectivity index (χ0v) is 33.9. The third-order valence-corrected chi connectivity index (χ3v) is 11.5. The Morgan fingerprint density at radius 1 is 0.638 bits per heavy atom. The number of allylic oxidation sites excluding steroid dienone is 1. The van der Waals surface area contributed by atoms with Crippen LogP contribution >= 0.6 is 0 Å². The molecule has 1 aliphatic heterocycles. The normalized spacial score (nSPS) is 22.6. The van der Waals surface area contributed by atoms with Crippen LogP contribution in [-0.2, 0) is 15.9 Å². The number of fused-ring (bicyclic) bond motifs is 1. The van der Waals surface area contributed by atoms with E-state index in [-0.39, 0.29) is 23.9 Å². The van der Waals surface area contributed by atoms with Crippen molar-refractivity contribution in [2.75, 3.05) is 22.1 Å². The molecule has 3 aliphatic rings. The largest absolute Gasteiger partial charge is 0.445 e. The number of carbonyl (C=O) groups excluding carboxylic acids is 2. The van der Waals surface area contributed by atoms with Crippen LogP contribution < -0.4 is 22.1 Å². The second kappa shape index (κ2) is 18.6. The number of amides is 2. The van der Waals surface area contributed by atoms with Gasteiger partial charge in [-0.3, -0.25) is 10.6 Å². The highest BCUT2D eigenvalue weighted by atomic mass is 16.6. The predicted molar refractivity (Wildman–Crippen MR) is 235 cm³/mol. The minimum Gasteiger partial charge on any atom is -0.445 e. The van der Waals surface area contributed by atoms with Gasteiger partial charge in [-0.2, -0.15) is 10.2 Å². The number of aryl methyl sites for hydroxylation is 3. The van der Waals surface area contributed by atoms with Crippen LogP contribution in [0.2, 0.25) is 0 Å². The molecule has 10 nitrogen and oxygen atoms in total. The van der Waals surface area contributed by atoms with Gasteiger partial charge in [0.1, 0.15) is 12.2 Å². The van der Waals surface area contributed by atoms with Gasteiger partial charge >= 0.3 is 12.2 Å². The Hall–Kier alpha value is -5.90. The number of benzene rings is 4. The third-order valence-electron chi connectivity index (χ3n) is 11.5. The topological polar surface area (TPSA) is 153 Å². The van der Waals surface area contributed by atoms with Gasteiger partial charge in [0.15, 0.2) is 0 Å². The molecule has 1 saturated carbocycles. The Morgan fingerprint density at radius 2 is 1.21 bits per heavy atom. The summed E-state index contributed by atoms with van der Waals surface area (Å²) in [5.41, 5.74) is 23.3. The highest BCUT2D eigenvalue weighted by Gasteiger charge is 2.43. The molecule has 1 heterocycles. The molecule has 7 rings (SSSR count). The monoisotopic (exact) mass is 780 g/mol. The minimum absolute atomic E-state index is 0.0749. The molecule has 4 aromatic carbocycles. The van der Waals surface area contributed by atoms with E-state index < -0.39 is 18.3 Å². The van der Waals surface area contributed by atoms with Crippen LogP contribution in [0.15, 0.2) is 107 Å². The first-order valence-electron chi connectivity index (χ1n) is 20.8. The molecule has 2 amide bonds. The summed E-state index contributed by atoms with van der Waals surface area (Å²) < 4.78 is 12.3. The molecular formula is C48H56N6O4. The number of ether oxygens (including phenoxy) is 2. The maximum atomic E-state index is 13.9. The third kappa shape index (κ3) is 10.1. The average Bonchev–Trinajstić information content (AvgIpc) is 3.15. The summed E-state index contributed by atoms with van der Waals surface area (Å²) in [4.78, 5) is 26.7. The number of hydrogen-bond donors (Lipinski definition) is 4. The quantitative estimate of drug-likeness (QED) is 0.103. The standard InChI is InChI=1S/C48H56N6O4/c1-30-23-31(2)26-35(25-30)51-47(55)57-37-14-8-7-13-33(21-22-37)28-34-24-32(3)27-36(29-34)52-48(56)58-43-20-6-4-5-17-40-44(43)46(39-16-10-12-19-42(39)50)54-53-45(40)38-15-9-11-18-41(38)49/h9-12,15-16,18-19,21-27,29,33,37,40,43-44H,4-8,13-14,17,20,28,49-50H2,1-3H3,(H,51,55)(H,52,56)/b22-21+. The maximum Gasteiger partial charge on any atom is 0.412 e. The van der Waals surface area contributed by atoms with Gasteiger partial charge in [-0.15, -0.1) is 0 Å². The molecule has 1 fully saturated rings. The van der Waals surface area contributed by atoms with Crippen LogP contribution in [0.5, 0.6) is 0 Å². The Bertz CT molecular complexity index is 2190. The van der Waals surface area contributed by atoms with Crippen molar-refractivity contribution >= 4 is 46.4 Å². The van der Waals surface area contributed by atoms with Crippen LogP contribution in [0, 0.1) is 38.5 Å². The smallest absolute Gasteiger partial charge is 0.412 e. The molecule has 0 saturated heterocycles. The Kier molecular flexibility index (Phi) is 12.9. The molecule has 4 aromatic rings. The van der Waals surface area contributed by atoms with Gasteiger partial charge in [0.2, 0.25) is 0 Å². The second-order valence-corrected chi connectivity index (χ2v) is 16.3. The summed E-state index contributed by atoms with van der Waals surface area (Å²) in [5.74, 6) is -0.0898. The summed E-state index contributed by atoms with van der Waals surface area (Å²) in [6.07, 6.45) is 11.6. The van der Waals surface area contributed by atoms with Gasteiger partial charge in [0.05, 0.1) is 11.4 Å². The molecular weight excluding hydrogens is 725 g/mol. The first kappa shape index (κ1) is 40.3. The van der Waals surface area contributed by atoms with Crippen molar-refractivity contribution < 1.29 is 19.1 Å². The molecule has 0 aromatic heterocycles. The number of carbonyl (C=O) groups is 2. The van der Waals surface area contributed by atoms with Crippen molar-refractivity contribution in [1.29, 1.82) is 0 Å². The maximum absolute atomic E-state index is 13.9. The fourth-order valence-corrected chi connectivity index (χ4v) is 8.97. The number of para-hydroxylation sites is 2. The Balaban J connectivity index is 1.05. The van der Waals surface area contributed by atoms with E-state index in [1.165, 1.54) is 0 Å². The summed E-state index contributed by atoms with van der Waals surface area (Å²) in [7, 11) is 0. The molecule has 302 valence electrons. The summed E-state index contributed by atoms with van der Waals surface area (Å²) in [6, 6.07) is 27.6. The number of nitrogen functional groups attached to an aromatic ring is 2. The van der Waals surface area contributed by atoms with E-state index in [0.29, 0.717) is 23.5 Å². The van der Waals surface area contributed by atoms with Crippen LogP contribution in [0.1, 0.15) is 91.2 Å². The van der Waals surface area contributed by atoms with Crippen molar-refractivity contribution in [3.8, 4) is 0 Å². The molecule has 58 heavy (non-hydrogen) atoms. The van der Waals surface area contributed by atoms with Crippen LogP contribution in [0.25, 0.3) is 0 Å². The first-order chi connectivity index (χ1) is 28.1. The second-order valence-electron chi connectivity index (χ2n) is 16.3. The van der Waals surface area contributed by atoms with Gasteiger partial charge in [-0.25, -0.2) is 9.59 Å². The number of rotatable bonds is 8.